The molecule has 1 atom stereocenters. The Hall–Kier alpha value is -3.13. The molecule has 0 amide bonds. The first-order valence-corrected chi connectivity index (χ1v) is 10.7. The summed E-state index contributed by atoms with van der Waals surface area (Å²) in [6.45, 7) is 2.34. The summed E-state index contributed by atoms with van der Waals surface area (Å²) in [7, 11) is 0. The predicted molar refractivity (Wildman–Crippen MR) is 113 cm³/mol. The monoisotopic (exact) mass is 424 g/mol. The zero-order chi connectivity index (χ0) is 20.7. The van der Waals surface area contributed by atoms with Gasteiger partial charge in [-0.3, -0.25) is 4.79 Å². The summed E-state index contributed by atoms with van der Waals surface area (Å²) in [5.74, 6) is 1.79. The molecule has 3 heterocycles. The molecule has 1 aromatic carbocycles. The van der Waals surface area contributed by atoms with Crippen molar-refractivity contribution >= 4 is 33.6 Å². The minimum absolute atomic E-state index is 0.0888. The maximum Gasteiger partial charge on any atom is 0.331 e. The van der Waals surface area contributed by atoms with E-state index in [9.17, 15) is 9.59 Å². The minimum atomic E-state index is -0.519. The van der Waals surface area contributed by atoms with E-state index >= 15 is 0 Å². The van der Waals surface area contributed by atoms with Crippen molar-refractivity contribution in [1.29, 1.82) is 0 Å². The summed E-state index contributed by atoms with van der Waals surface area (Å²) < 4.78 is 15.8. The molecule has 0 radical (unpaired) electrons. The van der Waals surface area contributed by atoms with Crippen molar-refractivity contribution in [2.45, 2.75) is 32.8 Å². The highest BCUT2D eigenvalue weighted by Gasteiger charge is 2.23. The normalized spacial score (nSPS) is 17.4. The van der Waals surface area contributed by atoms with E-state index in [4.69, 9.17) is 14.2 Å². The molecule has 7 nitrogen and oxygen atoms in total. The first kappa shape index (κ1) is 18.9. The summed E-state index contributed by atoms with van der Waals surface area (Å²) in [5.41, 5.74) is 1.77. The molecule has 154 valence electrons. The molecule has 3 aromatic rings. The Balaban J connectivity index is 1.28. The molecule has 1 aliphatic heterocycles. The van der Waals surface area contributed by atoms with Gasteiger partial charge in [0, 0.05) is 11.0 Å². The number of rotatable bonds is 4. The second kappa shape index (κ2) is 7.60. The van der Waals surface area contributed by atoms with Crippen LogP contribution < -0.4 is 15.0 Å². The second-order valence-electron chi connectivity index (χ2n) is 7.60. The number of fused-ring (bicyclic) bond motifs is 4. The summed E-state index contributed by atoms with van der Waals surface area (Å²) in [5, 5.41) is 0.694. The molecular formula is C22H20N2O5S. The van der Waals surface area contributed by atoms with Crippen LogP contribution in [0, 0.1) is 5.92 Å². The molecule has 0 saturated carbocycles. The fourth-order valence-corrected chi connectivity index (χ4v) is 5.23. The highest BCUT2D eigenvalue weighted by Crippen LogP contribution is 2.35. The van der Waals surface area contributed by atoms with Crippen molar-refractivity contribution in [1.82, 2.24) is 9.97 Å². The Kier molecular flexibility index (Phi) is 4.78. The van der Waals surface area contributed by atoms with Gasteiger partial charge in [-0.1, -0.05) is 13.0 Å². The number of nitrogens with zero attached hydrogens (tertiary/aromatic N) is 1. The number of ether oxygens (including phenoxy) is 3. The third kappa shape index (κ3) is 3.59. The molecule has 5 rings (SSSR count). The molecule has 1 N–H and O–H groups in total. The van der Waals surface area contributed by atoms with Crippen LogP contribution in [0.2, 0.25) is 0 Å². The third-order valence-corrected chi connectivity index (χ3v) is 6.52. The van der Waals surface area contributed by atoms with Gasteiger partial charge in [0.1, 0.15) is 17.3 Å². The third-order valence-electron chi connectivity index (χ3n) is 5.37. The number of esters is 1. The van der Waals surface area contributed by atoms with Gasteiger partial charge in [-0.05, 0) is 54.5 Å². The molecule has 0 bridgehead atoms. The van der Waals surface area contributed by atoms with Gasteiger partial charge < -0.3 is 19.2 Å². The number of thiophene rings is 1. The van der Waals surface area contributed by atoms with Gasteiger partial charge in [0.05, 0.1) is 5.39 Å². The van der Waals surface area contributed by atoms with Crippen LogP contribution in [0.15, 0.2) is 29.1 Å². The zero-order valence-electron chi connectivity index (χ0n) is 16.4. The molecule has 0 fully saturated rings. The smallest absolute Gasteiger partial charge is 0.331 e. The van der Waals surface area contributed by atoms with Crippen LogP contribution in [0.1, 0.15) is 35.2 Å². The van der Waals surface area contributed by atoms with E-state index in [-0.39, 0.29) is 19.0 Å². The van der Waals surface area contributed by atoms with Gasteiger partial charge in [-0.15, -0.1) is 11.3 Å². The van der Waals surface area contributed by atoms with E-state index in [1.54, 1.807) is 29.5 Å². The van der Waals surface area contributed by atoms with Gasteiger partial charge in [0.15, 0.2) is 11.5 Å². The van der Waals surface area contributed by atoms with Gasteiger partial charge >= 0.3 is 5.97 Å². The Morgan fingerprint density at radius 1 is 1.37 bits per heavy atom. The summed E-state index contributed by atoms with van der Waals surface area (Å²) in [4.78, 5) is 33.9. The van der Waals surface area contributed by atoms with Gasteiger partial charge in [0.25, 0.3) is 5.56 Å². The first-order valence-electron chi connectivity index (χ1n) is 9.85. The van der Waals surface area contributed by atoms with Crippen molar-refractivity contribution in [3.63, 3.8) is 0 Å². The van der Waals surface area contributed by atoms with E-state index < -0.39 is 5.97 Å². The average Bonchev–Trinajstić information content (AvgIpc) is 3.33. The minimum Gasteiger partial charge on any atom is -0.454 e. The maximum atomic E-state index is 12.6. The number of H-pyrrole nitrogens is 1. The van der Waals surface area contributed by atoms with Crippen LogP contribution in [-0.4, -0.2) is 22.7 Å². The topological polar surface area (TPSA) is 90.5 Å². The number of aryl methyl sites for hydroxylation is 1. The summed E-state index contributed by atoms with van der Waals surface area (Å²) in [6.07, 6.45) is 5.97. The number of aromatic amines is 1. The average molecular weight is 424 g/mol. The van der Waals surface area contributed by atoms with Crippen molar-refractivity contribution in [3.05, 3.63) is 56.5 Å². The van der Waals surface area contributed by atoms with E-state index in [1.165, 1.54) is 11.0 Å². The quantitative estimate of drug-likeness (QED) is 0.508. The van der Waals surface area contributed by atoms with Crippen molar-refractivity contribution in [2.24, 2.45) is 5.92 Å². The van der Waals surface area contributed by atoms with E-state index in [0.717, 1.165) is 35.2 Å². The fourth-order valence-electron chi connectivity index (χ4n) is 3.83. The van der Waals surface area contributed by atoms with Gasteiger partial charge in [-0.2, -0.15) is 0 Å². The molecule has 8 heteroatoms. The van der Waals surface area contributed by atoms with Crippen LogP contribution in [0.3, 0.4) is 0 Å². The number of benzene rings is 1. The number of hydrogen-bond acceptors (Lipinski definition) is 7. The number of nitrogens with one attached hydrogen (secondary N) is 1. The van der Waals surface area contributed by atoms with E-state index in [2.05, 4.69) is 16.9 Å². The standard InChI is InChI=1S/C22H20N2O5S/c1-12-2-5-14-17(8-12)30-22-20(14)21(26)23-18(24-22)10-27-19(25)7-4-13-3-6-15-16(9-13)29-11-28-15/h3-4,6-7,9,12H,2,5,8,10-11H2,1H3,(H,23,24,26)/b7-4+/t12-/m1/s1. The lowest BCUT2D eigenvalue weighted by atomic mass is 9.89. The fraction of sp³-hybridized carbons (Fsp3) is 0.318. The molecule has 1 aliphatic carbocycles. The summed E-state index contributed by atoms with van der Waals surface area (Å²) in [6, 6.07) is 5.40. The summed E-state index contributed by atoms with van der Waals surface area (Å²) >= 11 is 1.58. The largest absolute Gasteiger partial charge is 0.454 e. The van der Waals surface area contributed by atoms with Crippen molar-refractivity contribution in [2.75, 3.05) is 6.79 Å². The lowest BCUT2D eigenvalue weighted by Crippen LogP contribution is -2.15. The number of carbonyl (C=O) groups excluding carboxylic acids is 1. The van der Waals surface area contributed by atoms with Crippen LogP contribution in [-0.2, 0) is 29.0 Å². The van der Waals surface area contributed by atoms with Crippen molar-refractivity contribution in [3.8, 4) is 11.5 Å². The molecule has 2 aliphatic rings. The van der Waals surface area contributed by atoms with Crippen molar-refractivity contribution < 1.29 is 19.0 Å². The van der Waals surface area contributed by atoms with Crippen LogP contribution in [0.4, 0.5) is 0 Å². The Morgan fingerprint density at radius 3 is 3.13 bits per heavy atom. The lowest BCUT2D eigenvalue weighted by Gasteiger charge is -2.17. The molecule has 2 aromatic heterocycles. The zero-order valence-corrected chi connectivity index (χ0v) is 17.2. The predicted octanol–water partition coefficient (Wildman–Crippen LogP) is 3.59. The lowest BCUT2D eigenvalue weighted by molar-refractivity contribution is -0.139. The Labute approximate surface area is 176 Å². The molecule has 0 spiro atoms. The first-order chi connectivity index (χ1) is 14.6. The maximum absolute atomic E-state index is 12.6. The van der Waals surface area contributed by atoms with Gasteiger partial charge in [0.2, 0.25) is 6.79 Å². The number of aromatic nitrogens is 2. The highest BCUT2D eigenvalue weighted by molar-refractivity contribution is 7.18. The van der Waals surface area contributed by atoms with E-state index in [0.29, 0.717) is 28.6 Å². The Bertz CT molecular complexity index is 1230. The van der Waals surface area contributed by atoms with Crippen LogP contribution in [0.25, 0.3) is 16.3 Å². The van der Waals surface area contributed by atoms with Gasteiger partial charge in [-0.25, -0.2) is 9.78 Å². The highest BCUT2D eigenvalue weighted by atomic mass is 32.1. The number of carbonyl (C=O) groups is 1. The molecule has 30 heavy (non-hydrogen) atoms. The molecule has 0 saturated heterocycles. The van der Waals surface area contributed by atoms with Crippen LogP contribution in [0.5, 0.6) is 11.5 Å². The van der Waals surface area contributed by atoms with E-state index in [1.807, 2.05) is 6.07 Å². The SMILES string of the molecule is C[C@@H]1CCc2c(sc3nc(COC(=O)/C=C/c4ccc5c(c4)OCO5)[nH]c(=O)c23)C1. The molecule has 0 unspecified atom stereocenters. The molecular weight excluding hydrogens is 404 g/mol. The second-order valence-corrected chi connectivity index (χ2v) is 8.68. The Morgan fingerprint density at radius 2 is 2.23 bits per heavy atom. The van der Waals surface area contributed by atoms with Crippen LogP contribution >= 0.6 is 11.3 Å². The number of hydrogen-bond donors (Lipinski definition) is 1.